The van der Waals surface area contributed by atoms with Crippen LogP contribution >= 0.6 is 24.0 Å². The van der Waals surface area contributed by atoms with Gasteiger partial charge in [0.25, 0.3) is 0 Å². The van der Waals surface area contributed by atoms with E-state index >= 15 is 0 Å². The van der Waals surface area contributed by atoms with Crippen molar-refractivity contribution in [3.8, 4) is 11.3 Å². The summed E-state index contributed by atoms with van der Waals surface area (Å²) in [4.78, 5) is 11.4. The van der Waals surface area contributed by atoms with Gasteiger partial charge in [0.15, 0.2) is 11.7 Å². The third-order valence-electron chi connectivity index (χ3n) is 6.20. The first-order chi connectivity index (χ1) is 13.6. The summed E-state index contributed by atoms with van der Waals surface area (Å²) in [6, 6.07) is 10.2. The van der Waals surface area contributed by atoms with Crippen LogP contribution in [0.15, 0.2) is 39.9 Å². The maximum atomic E-state index is 5.91. The summed E-state index contributed by atoms with van der Waals surface area (Å²) >= 11 is 0. The average Bonchev–Trinajstić information content (AvgIpc) is 3.15. The molecule has 1 aromatic carbocycles. The van der Waals surface area contributed by atoms with E-state index in [-0.39, 0.29) is 24.0 Å². The van der Waals surface area contributed by atoms with Gasteiger partial charge in [0.05, 0.1) is 12.7 Å². The Morgan fingerprint density at radius 2 is 1.90 bits per heavy atom. The standard InChI is InChI=1S/C22H31N5O.HI/c1-15-7-9-16(10-8-15)20-13-24-21(28-20)14-25-22(23-2)26-17-11-18-5-4-6-19(12-17)27(18)3;/h7-10,13,17-19H,4-6,11-12,14H2,1-3H3,(H2,23,25,26);1H. The van der Waals surface area contributed by atoms with Gasteiger partial charge in [-0.1, -0.05) is 36.2 Å². The van der Waals surface area contributed by atoms with Crippen molar-refractivity contribution in [1.29, 1.82) is 0 Å². The van der Waals surface area contributed by atoms with E-state index in [4.69, 9.17) is 4.42 Å². The topological polar surface area (TPSA) is 65.7 Å². The number of halogens is 1. The fourth-order valence-corrected chi connectivity index (χ4v) is 4.52. The van der Waals surface area contributed by atoms with Crippen molar-refractivity contribution in [2.75, 3.05) is 14.1 Å². The lowest BCUT2D eigenvalue weighted by Crippen LogP contribution is -2.56. The number of benzene rings is 1. The van der Waals surface area contributed by atoms with E-state index in [1.807, 2.05) is 7.05 Å². The minimum absolute atomic E-state index is 0. The van der Waals surface area contributed by atoms with Crippen molar-refractivity contribution >= 4 is 29.9 Å². The van der Waals surface area contributed by atoms with Gasteiger partial charge in [0, 0.05) is 30.7 Å². The number of rotatable bonds is 4. The van der Waals surface area contributed by atoms with Crippen molar-refractivity contribution in [1.82, 2.24) is 20.5 Å². The molecule has 29 heavy (non-hydrogen) atoms. The van der Waals surface area contributed by atoms with Gasteiger partial charge in [0.2, 0.25) is 5.89 Å². The molecule has 1 aromatic heterocycles. The number of aliphatic imine (C=N–C) groups is 1. The molecule has 0 saturated carbocycles. The summed E-state index contributed by atoms with van der Waals surface area (Å²) in [6.07, 6.45) is 8.15. The van der Waals surface area contributed by atoms with E-state index in [2.05, 4.69) is 63.7 Å². The third kappa shape index (κ3) is 5.31. The maximum absolute atomic E-state index is 5.91. The fraction of sp³-hybridized carbons (Fsp3) is 0.545. The monoisotopic (exact) mass is 509 g/mol. The third-order valence-corrected chi connectivity index (χ3v) is 6.20. The van der Waals surface area contributed by atoms with Gasteiger partial charge in [-0.3, -0.25) is 4.99 Å². The molecule has 2 aromatic rings. The first-order valence-electron chi connectivity index (χ1n) is 10.3. The number of aryl methyl sites for hydroxylation is 1. The summed E-state index contributed by atoms with van der Waals surface area (Å²) in [5, 5.41) is 6.97. The van der Waals surface area contributed by atoms with E-state index < -0.39 is 0 Å². The minimum atomic E-state index is 0. The molecule has 2 N–H and O–H groups in total. The fourth-order valence-electron chi connectivity index (χ4n) is 4.52. The summed E-state index contributed by atoms with van der Waals surface area (Å²) in [5.41, 5.74) is 2.28. The quantitative estimate of drug-likeness (QED) is 0.371. The molecule has 2 bridgehead atoms. The molecule has 2 saturated heterocycles. The van der Waals surface area contributed by atoms with Crippen molar-refractivity contribution in [2.24, 2.45) is 4.99 Å². The highest BCUT2D eigenvalue weighted by atomic mass is 127. The second-order valence-electron chi connectivity index (χ2n) is 8.13. The zero-order chi connectivity index (χ0) is 19.5. The van der Waals surface area contributed by atoms with E-state index in [0.717, 1.165) is 17.3 Å². The second-order valence-corrected chi connectivity index (χ2v) is 8.13. The Morgan fingerprint density at radius 3 is 2.55 bits per heavy atom. The molecule has 158 valence electrons. The van der Waals surface area contributed by atoms with Crippen LogP contribution in [0.4, 0.5) is 0 Å². The predicted octanol–water partition coefficient (Wildman–Crippen LogP) is 3.95. The largest absolute Gasteiger partial charge is 0.439 e. The van der Waals surface area contributed by atoms with Crippen molar-refractivity contribution < 1.29 is 4.42 Å². The molecular weight excluding hydrogens is 477 g/mol. The normalized spacial score (nSPS) is 24.7. The van der Waals surface area contributed by atoms with Crippen LogP contribution in [-0.4, -0.2) is 48.1 Å². The zero-order valence-electron chi connectivity index (χ0n) is 17.5. The second kappa shape index (κ2) is 9.93. The number of hydrogen-bond donors (Lipinski definition) is 2. The average molecular weight is 509 g/mol. The summed E-state index contributed by atoms with van der Waals surface area (Å²) < 4.78 is 5.91. The lowest BCUT2D eigenvalue weighted by atomic mass is 9.82. The molecule has 0 aliphatic carbocycles. The molecular formula is C22H32IN5O. The number of piperidine rings is 2. The number of fused-ring (bicyclic) bond motifs is 2. The van der Waals surface area contributed by atoms with Gasteiger partial charge in [-0.25, -0.2) is 4.98 Å². The van der Waals surface area contributed by atoms with Gasteiger partial charge in [-0.05, 0) is 39.7 Å². The molecule has 0 amide bonds. The van der Waals surface area contributed by atoms with Crippen LogP contribution in [0, 0.1) is 6.92 Å². The van der Waals surface area contributed by atoms with Crippen LogP contribution in [0.5, 0.6) is 0 Å². The molecule has 3 heterocycles. The lowest BCUT2D eigenvalue weighted by Gasteiger charge is -2.47. The molecule has 2 unspecified atom stereocenters. The Hall–Kier alpha value is -1.61. The number of oxazole rings is 1. The maximum Gasteiger partial charge on any atom is 0.214 e. The van der Waals surface area contributed by atoms with Crippen LogP contribution in [0.2, 0.25) is 0 Å². The van der Waals surface area contributed by atoms with Crippen LogP contribution in [-0.2, 0) is 6.54 Å². The van der Waals surface area contributed by atoms with Gasteiger partial charge >= 0.3 is 0 Å². The van der Waals surface area contributed by atoms with Gasteiger partial charge < -0.3 is 20.0 Å². The zero-order valence-corrected chi connectivity index (χ0v) is 19.8. The summed E-state index contributed by atoms with van der Waals surface area (Å²) in [6.45, 7) is 2.60. The Balaban J connectivity index is 0.00000240. The Bertz CT molecular complexity index is 805. The summed E-state index contributed by atoms with van der Waals surface area (Å²) in [5.74, 6) is 2.28. The Labute approximate surface area is 190 Å². The molecule has 2 aliphatic heterocycles. The SMILES string of the molecule is CN=C(NCc1ncc(-c2ccc(C)cc2)o1)NC1CC2CCCC(C1)N2C.I. The molecule has 2 fully saturated rings. The smallest absolute Gasteiger partial charge is 0.214 e. The first kappa shape index (κ1) is 22.1. The summed E-state index contributed by atoms with van der Waals surface area (Å²) in [7, 11) is 4.10. The molecule has 0 spiro atoms. The van der Waals surface area contributed by atoms with E-state index in [9.17, 15) is 0 Å². The van der Waals surface area contributed by atoms with Crippen molar-refractivity contribution in [3.05, 3.63) is 41.9 Å². The highest BCUT2D eigenvalue weighted by molar-refractivity contribution is 14.0. The molecule has 4 rings (SSSR count). The number of guanidine groups is 1. The Morgan fingerprint density at radius 1 is 1.21 bits per heavy atom. The predicted molar refractivity (Wildman–Crippen MR) is 128 cm³/mol. The van der Waals surface area contributed by atoms with Crippen LogP contribution in [0.25, 0.3) is 11.3 Å². The number of nitrogens with zero attached hydrogens (tertiary/aromatic N) is 3. The molecule has 2 aliphatic rings. The molecule has 7 heteroatoms. The number of hydrogen-bond acceptors (Lipinski definition) is 4. The number of nitrogens with one attached hydrogen (secondary N) is 2. The van der Waals surface area contributed by atoms with Crippen molar-refractivity contribution in [2.45, 2.75) is 63.7 Å². The van der Waals surface area contributed by atoms with Gasteiger partial charge in [-0.2, -0.15) is 0 Å². The van der Waals surface area contributed by atoms with E-state index in [1.54, 1.807) is 6.20 Å². The van der Waals surface area contributed by atoms with Crippen LogP contribution in [0.3, 0.4) is 0 Å². The van der Waals surface area contributed by atoms with Gasteiger partial charge in [-0.15, -0.1) is 24.0 Å². The minimum Gasteiger partial charge on any atom is -0.439 e. The van der Waals surface area contributed by atoms with Crippen LogP contribution in [0.1, 0.15) is 43.6 Å². The molecule has 6 nitrogen and oxygen atoms in total. The molecule has 2 atom stereocenters. The Kier molecular flexibility index (Phi) is 7.56. The van der Waals surface area contributed by atoms with E-state index in [1.165, 1.54) is 37.7 Å². The van der Waals surface area contributed by atoms with Crippen molar-refractivity contribution in [3.63, 3.8) is 0 Å². The first-order valence-corrected chi connectivity index (χ1v) is 10.3. The molecule has 0 radical (unpaired) electrons. The van der Waals surface area contributed by atoms with Crippen LogP contribution < -0.4 is 10.6 Å². The lowest BCUT2D eigenvalue weighted by molar-refractivity contribution is 0.0526. The van der Waals surface area contributed by atoms with E-state index in [0.29, 0.717) is 30.6 Å². The highest BCUT2D eigenvalue weighted by Crippen LogP contribution is 2.32. The van der Waals surface area contributed by atoms with Gasteiger partial charge in [0.1, 0.15) is 0 Å². The highest BCUT2D eigenvalue weighted by Gasteiger charge is 2.36. The number of aromatic nitrogens is 1.